The van der Waals surface area contributed by atoms with Crippen LogP contribution in [0.25, 0.3) is 0 Å². The van der Waals surface area contributed by atoms with Crippen LogP contribution in [0, 0.1) is 0 Å². The van der Waals surface area contributed by atoms with E-state index in [9.17, 15) is 4.79 Å². The fraction of sp³-hybridized carbons (Fsp3) is 0.500. The Bertz CT molecular complexity index is 381. The summed E-state index contributed by atoms with van der Waals surface area (Å²) in [5, 5.41) is 0. The molecule has 1 saturated heterocycles. The first kappa shape index (κ1) is 11.1. The largest absolute Gasteiger partial charge is 0.376 e. The number of carbonyl (C=O) groups is 1. The molecule has 4 heteroatoms. The number of likely N-dealkylation sites (N-methyl/N-ethyl adjacent to an activating group) is 1. The maximum Gasteiger partial charge on any atom is 0.153 e. The second kappa shape index (κ2) is 4.61. The van der Waals surface area contributed by atoms with Crippen LogP contribution in [0.4, 0.5) is 5.82 Å². The predicted octanol–water partition coefficient (Wildman–Crippen LogP) is 1.51. The molecule has 0 amide bonds. The summed E-state index contributed by atoms with van der Waals surface area (Å²) < 4.78 is 5.52. The number of ether oxygens (including phenoxy) is 1. The van der Waals surface area contributed by atoms with Gasteiger partial charge in [0.1, 0.15) is 5.82 Å². The molecule has 2 heterocycles. The van der Waals surface area contributed by atoms with Gasteiger partial charge in [-0.2, -0.15) is 0 Å². The minimum atomic E-state index is 0.187. The Hall–Kier alpha value is -1.42. The number of nitrogens with zero attached hydrogens (tertiary/aromatic N) is 2. The zero-order valence-electron chi connectivity index (χ0n) is 9.59. The van der Waals surface area contributed by atoms with Crippen molar-refractivity contribution >= 4 is 12.1 Å². The highest BCUT2D eigenvalue weighted by atomic mass is 16.5. The molecule has 4 nitrogen and oxygen atoms in total. The molecule has 1 aliphatic rings. The number of aldehydes is 1. The summed E-state index contributed by atoms with van der Waals surface area (Å²) in [7, 11) is 1.96. The third kappa shape index (κ3) is 1.93. The monoisotopic (exact) mass is 220 g/mol. The fourth-order valence-corrected chi connectivity index (χ4v) is 2.18. The van der Waals surface area contributed by atoms with Crippen LogP contribution in [-0.4, -0.2) is 37.1 Å². The summed E-state index contributed by atoms with van der Waals surface area (Å²) in [5.74, 6) is 0.736. The highest BCUT2D eigenvalue weighted by Gasteiger charge is 2.29. The lowest BCUT2D eigenvalue weighted by molar-refractivity contribution is 0.112. The Morgan fingerprint density at radius 2 is 2.44 bits per heavy atom. The van der Waals surface area contributed by atoms with Gasteiger partial charge in [0.05, 0.1) is 17.7 Å². The van der Waals surface area contributed by atoms with Crippen LogP contribution in [0.5, 0.6) is 0 Å². The molecular weight excluding hydrogens is 204 g/mol. The smallest absolute Gasteiger partial charge is 0.153 e. The van der Waals surface area contributed by atoms with Crippen molar-refractivity contribution in [2.24, 2.45) is 0 Å². The number of carbonyl (C=O) groups excluding carboxylic acids is 1. The Morgan fingerprint density at radius 3 is 3.06 bits per heavy atom. The molecule has 0 bridgehead atoms. The Labute approximate surface area is 95.2 Å². The highest BCUT2D eigenvalue weighted by Crippen LogP contribution is 2.24. The summed E-state index contributed by atoms with van der Waals surface area (Å²) in [4.78, 5) is 17.2. The Kier molecular flexibility index (Phi) is 3.19. The summed E-state index contributed by atoms with van der Waals surface area (Å²) in [6.45, 7) is 2.83. The van der Waals surface area contributed by atoms with E-state index in [0.717, 1.165) is 25.1 Å². The van der Waals surface area contributed by atoms with Crippen molar-refractivity contribution in [3.8, 4) is 0 Å². The molecule has 86 valence electrons. The van der Waals surface area contributed by atoms with E-state index in [2.05, 4.69) is 11.9 Å². The summed E-state index contributed by atoms with van der Waals surface area (Å²) in [6.07, 6.45) is 3.72. The highest BCUT2D eigenvalue weighted by molar-refractivity contribution is 5.82. The molecule has 0 aliphatic carbocycles. The summed E-state index contributed by atoms with van der Waals surface area (Å²) in [6, 6.07) is 3.86. The molecule has 0 radical (unpaired) electrons. The number of rotatable bonds is 3. The number of anilines is 1. The van der Waals surface area contributed by atoms with E-state index in [4.69, 9.17) is 4.74 Å². The molecule has 1 aliphatic heterocycles. The first-order chi connectivity index (χ1) is 7.74. The van der Waals surface area contributed by atoms with Crippen molar-refractivity contribution in [1.29, 1.82) is 0 Å². The lowest BCUT2D eigenvalue weighted by atomic mass is 10.1. The van der Waals surface area contributed by atoms with Crippen molar-refractivity contribution in [1.82, 2.24) is 4.98 Å². The second-order valence-corrected chi connectivity index (χ2v) is 4.08. The molecule has 0 N–H and O–H groups in total. The van der Waals surface area contributed by atoms with Gasteiger partial charge in [-0.15, -0.1) is 0 Å². The standard InChI is InChI=1S/C12H16N2O2/c1-9-11(5-7-16-9)14(2)12-10(8-15)4-3-6-13-12/h3-4,6,8-9,11H,5,7H2,1-2H3. The average molecular weight is 220 g/mol. The summed E-state index contributed by atoms with van der Waals surface area (Å²) in [5.41, 5.74) is 0.629. The zero-order chi connectivity index (χ0) is 11.5. The first-order valence-electron chi connectivity index (χ1n) is 5.48. The van der Waals surface area contributed by atoms with Gasteiger partial charge in [0, 0.05) is 19.9 Å². The zero-order valence-corrected chi connectivity index (χ0v) is 9.59. The van der Waals surface area contributed by atoms with Gasteiger partial charge < -0.3 is 9.64 Å². The van der Waals surface area contributed by atoms with Crippen molar-refractivity contribution in [3.05, 3.63) is 23.9 Å². The molecular formula is C12H16N2O2. The normalized spacial score (nSPS) is 24.4. The Morgan fingerprint density at radius 1 is 1.62 bits per heavy atom. The SMILES string of the molecule is CC1OCCC1N(C)c1ncccc1C=O. The van der Waals surface area contributed by atoms with Crippen LogP contribution in [0.2, 0.25) is 0 Å². The number of hydrogen-bond donors (Lipinski definition) is 0. The van der Waals surface area contributed by atoms with E-state index in [1.165, 1.54) is 0 Å². The number of aromatic nitrogens is 1. The molecule has 1 aromatic heterocycles. The van der Waals surface area contributed by atoms with Gasteiger partial charge in [0.15, 0.2) is 6.29 Å². The molecule has 0 aromatic carbocycles. The van der Waals surface area contributed by atoms with Gasteiger partial charge >= 0.3 is 0 Å². The van der Waals surface area contributed by atoms with Crippen molar-refractivity contribution in [2.75, 3.05) is 18.6 Å². The molecule has 16 heavy (non-hydrogen) atoms. The minimum absolute atomic E-state index is 0.187. The molecule has 2 atom stereocenters. The average Bonchev–Trinajstić information content (AvgIpc) is 2.74. The van der Waals surface area contributed by atoms with E-state index in [-0.39, 0.29) is 6.10 Å². The van der Waals surface area contributed by atoms with Crippen molar-refractivity contribution in [2.45, 2.75) is 25.5 Å². The van der Waals surface area contributed by atoms with E-state index in [1.54, 1.807) is 18.3 Å². The third-order valence-corrected chi connectivity index (χ3v) is 3.11. The van der Waals surface area contributed by atoms with Crippen LogP contribution < -0.4 is 4.90 Å². The van der Waals surface area contributed by atoms with Crippen LogP contribution >= 0.6 is 0 Å². The van der Waals surface area contributed by atoms with Gasteiger partial charge in [-0.3, -0.25) is 4.79 Å². The van der Waals surface area contributed by atoms with Gasteiger partial charge in [-0.05, 0) is 25.5 Å². The van der Waals surface area contributed by atoms with Crippen LogP contribution in [0.3, 0.4) is 0 Å². The van der Waals surface area contributed by atoms with Crippen LogP contribution in [0.15, 0.2) is 18.3 Å². The van der Waals surface area contributed by atoms with Crippen molar-refractivity contribution in [3.63, 3.8) is 0 Å². The topological polar surface area (TPSA) is 42.4 Å². The minimum Gasteiger partial charge on any atom is -0.376 e. The fourth-order valence-electron chi connectivity index (χ4n) is 2.18. The maximum atomic E-state index is 10.9. The maximum absolute atomic E-state index is 10.9. The molecule has 1 fully saturated rings. The first-order valence-corrected chi connectivity index (χ1v) is 5.48. The second-order valence-electron chi connectivity index (χ2n) is 4.08. The number of pyridine rings is 1. The van der Waals surface area contributed by atoms with Gasteiger partial charge in [0.25, 0.3) is 0 Å². The van der Waals surface area contributed by atoms with E-state index in [0.29, 0.717) is 11.6 Å². The molecule has 0 spiro atoms. The number of hydrogen-bond acceptors (Lipinski definition) is 4. The molecule has 0 saturated carbocycles. The quantitative estimate of drug-likeness (QED) is 0.724. The lowest BCUT2D eigenvalue weighted by Gasteiger charge is -2.28. The van der Waals surface area contributed by atoms with E-state index >= 15 is 0 Å². The predicted molar refractivity (Wildman–Crippen MR) is 61.8 cm³/mol. The Balaban J connectivity index is 2.25. The molecule has 2 unspecified atom stereocenters. The molecule has 2 rings (SSSR count). The van der Waals surface area contributed by atoms with Gasteiger partial charge in [0.2, 0.25) is 0 Å². The van der Waals surface area contributed by atoms with Gasteiger partial charge in [-0.1, -0.05) is 0 Å². The third-order valence-electron chi connectivity index (χ3n) is 3.11. The van der Waals surface area contributed by atoms with E-state index < -0.39 is 0 Å². The van der Waals surface area contributed by atoms with E-state index in [1.807, 2.05) is 11.9 Å². The van der Waals surface area contributed by atoms with Crippen LogP contribution in [0.1, 0.15) is 23.7 Å². The van der Waals surface area contributed by atoms with Gasteiger partial charge in [-0.25, -0.2) is 4.98 Å². The summed E-state index contributed by atoms with van der Waals surface area (Å²) >= 11 is 0. The lowest BCUT2D eigenvalue weighted by Crippen LogP contribution is -2.37. The van der Waals surface area contributed by atoms with Crippen LogP contribution in [-0.2, 0) is 4.74 Å². The molecule has 1 aromatic rings. The van der Waals surface area contributed by atoms with Crippen molar-refractivity contribution < 1.29 is 9.53 Å².